The Bertz CT molecular complexity index is 541. The Morgan fingerprint density at radius 1 is 1.14 bits per heavy atom. The van der Waals surface area contributed by atoms with Crippen LogP contribution < -0.4 is 4.74 Å². The largest absolute Gasteiger partial charge is 0.497 e. The molecular formula is C16H20N2O3. The minimum atomic E-state index is -0.216. The Morgan fingerprint density at radius 2 is 1.90 bits per heavy atom. The van der Waals surface area contributed by atoms with Crippen molar-refractivity contribution in [2.45, 2.75) is 31.7 Å². The van der Waals surface area contributed by atoms with Gasteiger partial charge in [-0.25, -0.2) is 4.79 Å². The van der Waals surface area contributed by atoms with Crippen molar-refractivity contribution in [3.05, 3.63) is 29.8 Å². The number of ether oxygens (including phenoxy) is 1. The van der Waals surface area contributed by atoms with Crippen LogP contribution in [0.15, 0.2) is 24.3 Å². The maximum atomic E-state index is 12.5. The summed E-state index contributed by atoms with van der Waals surface area (Å²) in [6, 6.07) is 7.09. The second kappa shape index (κ2) is 5.76. The van der Waals surface area contributed by atoms with Crippen LogP contribution >= 0.6 is 0 Å². The normalized spacial score (nSPS) is 22.0. The van der Waals surface area contributed by atoms with Crippen molar-refractivity contribution >= 4 is 11.9 Å². The van der Waals surface area contributed by atoms with E-state index in [-0.39, 0.29) is 11.9 Å². The van der Waals surface area contributed by atoms with Crippen molar-refractivity contribution in [2.24, 2.45) is 0 Å². The zero-order chi connectivity index (χ0) is 14.8. The van der Waals surface area contributed by atoms with Gasteiger partial charge >= 0.3 is 6.03 Å². The first-order chi connectivity index (χ1) is 10.2. The Morgan fingerprint density at radius 3 is 2.62 bits per heavy atom. The van der Waals surface area contributed by atoms with Crippen LogP contribution in [0.5, 0.6) is 5.75 Å². The molecule has 2 aliphatic heterocycles. The molecule has 2 fully saturated rings. The molecule has 1 aromatic carbocycles. The van der Waals surface area contributed by atoms with Gasteiger partial charge in [0.15, 0.2) is 0 Å². The molecule has 21 heavy (non-hydrogen) atoms. The fraction of sp³-hybridized carbons (Fsp3) is 0.500. The highest BCUT2D eigenvalue weighted by Crippen LogP contribution is 2.26. The standard InChI is InChI=1S/C16H20N2O3/c1-21-14-7-5-12(6-8-14)15(19)18-11-9-13-4-2-3-10-17(13)16(18)20/h5-8,13H,2-4,9-11H2,1H3. The number of piperidine rings is 1. The smallest absolute Gasteiger partial charge is 0.327 e. The molecule has 112 valence electrons. The summed E-state index contributed by atoms with van der Waals surface area (Å²) in [7, 11) is 1.58. The van der Waals surface area contributed by atoms with E-state index in [1.165, 1.54) is 11.3 Å². The summed E-state index contributed by atoms with van der Waals surface area (Å²) in [6.45, 7) is 1.29. The van der Waals surface area contributed by atoms with Gasteiger partial charge in [0.2, 0.25) is 0 Å². The Hall–Kier alpha value is -2.04. The summed E-state index contributed by atoms with van der Waals surface area (Å²) in [6.07, 6.45) is 4.16. The van der Waals surface area contributed by atoms with E-state index in [1.54, 1.807) is 31.4 Å². The fourth-order valence-corrected chi connectivity index (χ4v) is 3.16. The second-order valence-corrected chi connectivity index (χ2v) is 5.60. The van der Waals surface area contributed by atoms with Crippen LogP contribution in [0.1, 0.15) is 36.0 Å². The van der Waals surface area contributed by atoms with Gasteiger partial charge in [0, 0.05) is 24.7 Å². The highest BCUT2D eigenvalue weighted by atomic mass is 16.5. The van der Waals surface area contributed by atoms with Gasteiger partial charge in [0.05, 0.1) is 7.11 Å². The molecule has 0 bridgehead atoms. The van der Waals surface area contributed by atoms with E-state index < -0.39 is 0 Å². The Balaban J connectivity index is 1.76. The van der Waals surface area contributed by atoms with Crippen molar-refractivity contribution in [3.63, 3.8) is 0 Å². The fourth-order valence-electron chi connectivity index (χ4n) is 3.16. The van der Waals surface area contributed by atoms with Crippen molar-refractivity contribution in [1.82, 2.24) is 9.80 Å². The van der Waals surface area contributed by atoms with Crippen LogP contribution in [0.4, 0.5) is 4.79 Å². The molecule has 1 aromatic rings. The molecule has 0 aliphatic carbocycles. The van der Waals surface area contributed by atoms with E-state index in [0.29, 0.717) is 23.9 Å². The van der Waals surface area contributed by atoms with Crippen LogP contribution in [-0.2, 0) is 0 Å². The SMILES string of the molecule is COc1ccc(C(=O)N2CCC3CCCCN3C2=O)cc1. The molecule has 3 rings (SSSR count). The summed E-state index contributed by atoms with van der Waals surface area (Å²) in [5.74, 6) is 0.485. The lowest BCUT2D eigenvalue weighted by Crippen LogP contribution is -2.57. The molecule has 0 spiro atoms. The van der Waals surface area contributed by atoms with Gasteiger partial charge in [-0.05, 0) is 49.9 Å². The number of fused-ring (bicyclic) bond motifs is 1. The molecule has 5 heteroatoms. The third kappa shape index (κ3) is 2.60. The van der Waals surface area contributed by atoms with Gasteiger partial charge in [0.1, 0.15) is 5.75 Å². The van der Waals surface area contributed by atoms with Crippen molar-refractivity contribution in [3.8, 4) is 5.75 Å². The first-order valence-corrected chi connectivity index (χ1v) is 7.47. The molecule has 3 amide bonds. The molecule has 5 nitrogen and oxygen atoms in total. The van der Waals surface area contributed by atoms with Crippen LogP contribution in [0, 0.1) is 0 Å². The average Bonchev–Trinajstić information content (AvgIpc) is 2.55. The number of rotatable bonds is 2. The minimum absolute atomic E-state index is 0.133. The number of benzene rings is 1. The number of amides is 3. The number of urea groups is 1. The van der Waals surface area contributed by atoms with Crippen LogP contribution in [0.2, 0.25) is 0 Å². The first kappa shape index (κ1) is 13.9. The maximum Gasteiger partial charge on any atom is 0.327 e. The molecule has 2 saturated heterocycles. The molecule has 0 saturated carbocycles. The number of methoxy groups -OCH3 is 1. The maximum absolute atomic E-state index is 12.5. The lowest BCUT2D eigenvalue weighted by molar-refractivity contribution is 0.0566. The minimum Gasteiger partial charge on any atom is -0.497 e. The molecule has 1 atom stereocenters. The number of nitrogens with zero attached hydrogens (tertiary/aromatic N) is 2. The molecule has 2 aliphatic rings. The highest BCUT2D eigenvalue weighted by Gasteiger charge is 2.37. The zero-order valence-corrected chi connectivity index (χ0v) is 12.2. The van der Waals surface area contributed by atoms with E-state index >= 15 is 0 Å². The summed E-state index contributed by atoms with van der Waals surface area (Å²) in [5.41, 5.74) is 0.527. The molecule has 2 heterocycles. The lowest BCUT2D eigenvalue weighted by Gasteiger charge is -2.43. The predicted molar refractivity (Wildman–Crippen MR) is 78.4 cm³/mol. The van der Waals surface area contributed by atoms with Crippen LogP contribution in [0.3, 0.4) is 0 Å². The summed E-state index contributed by atoms with van der Waals surface area (Å²) in [5, 5.41) is 0. The van der Waals surface area contributed by atoms with Crippen LogP contribution in [-0.4, -0.2) is 48.0 Å². The topological polar surface area (TPSA) is 49.9 Å². The van der Waals surface area contributed by atoms with Gasteiger partial charge in [-0.3, -0.25) is 9.69 Å². The Labute approximate surface area is 124 Å². The van der Waals surface area contributed by atoms with Gasteiger partial charge in [0.25, 0.3) is 5.91 Å². The van der Waals surface area contributed by atoms with E-state index in [1.807, 2.05) is 4.90 Å². The number of imide groups is 1. The van der Waals surface area contributed by atoms with Crippen molar-refractivity contribution in [1.29, 1.82) is 0 Å². The molecular weight excluding hydrogens is 268 g/mol. The van der Waals surface area contributed by atoms with Crippen molar-refractivity contribution in [2.75, 3.05) is 20.2 Å². The highest BCUT2D eigenvalue weighted by molar-refractivity contribution is 6.04. The molecule has 0 N–H and O–H groups in total. The summed E-state index contributed by atoms with van der Waals surface area (Å²) in [4.78, 5) is 28.3. The van der Waals surface area contributed by atoms with Crippen LogP contribution in [0.25, 0.3) is 0 Å². The van der Waals surface area contributed by atoms with E-state index in [2.05, 4.69) is 0 Å². The Kier molecular flexibility index (Phi) is 3.82. The number of hydrogen-bond acceptors (Lipinski definition) is 3. The van der Waals surface area contributed by atoms with Gasteiger partial charge in [-0.15, -0.1) is 0 Å². The average molecular weight is 288 g/mol. The third-order valence-corrected chi connectivity index (χ3v) is 4.37. The molecule has 0 aromatic heterocycles. The number of carbonyl (C=O) groups excluding carboxylic acids is 2. The van der Waals surface area contributed by atoms with Gasteiger partial charge in [-0.1, -0.05) is 0 Å². The van der Waals surface area contributed by atoms with Crippen molar-refractivity contribution < 1.29 is 14.3 Å². The van der Waals surface area contributed by atoms with E-state index in [4.69, 9.17) is 4.74 Å². The first-order valence-electron chi connectivity index (χ1n) is 7.47. The monoisotopic (exact) mass is 288 g/mol. The van der Waals surface area contributed by atoms with E-state index in [0.717, 1.165) is 25.8 Å². The van der Waals surface area contributed by atoms with Gasteiger partial charge in [-0.2, -0.15) is 0 Å². The third-order valence-electron chi connectivity index (χ3n) is 4.37. The zero-order valence-electron chi connectivity index (χ0n) is 12.2. The summed E-state index contributed by atoms with van der Waals surface area (Å²) < 4.78 is 5.09. The number of carbonyl (C=O) groups is 2. The molecule has 0 radical (unpaired) electrons. The van der Waals surface area contributed by atoms with Gasteiger partial charge < -0.3 is 9.64 Å². The predicted octanol–water partition coefficient (Wildman–Crippen LogP) is 2.52. The lowest BCUT2D eigenvalue weighted by atomic mass is 9.97. The quantitative estimate of drug-likeness (QED) is 0.840. The second-order valence-electron chi connectivity index (χ2n) is 5.60. The van der Waals surface area contributed by atoms with E-state index in [9.17, 15) is 9.59 Å². The number of hydrogen-bond donors (Lipinski definition) is 0. The molecule has 1 unspecified atom stereocenters. The summed E-state index contributed by atoms with van der Waals surface area (Å²) >= 11 is 0.